The molecule has 3 aliphatic carbocycles. The first-order chi connectivity index (χ1) is 16.8. The fraction of sp³-hybridized carbons (Fsp3) is 0.533. The van der Waals surface area contributed by atoms with Crippen molar-refractivity contribution in [2.75, 3.05) is 14.2 Å². The minimum absolute atomic E-state index is 0.0298. The third-order valence-electron chi connectivity index (χ3n) is 8.72. The van der Waals surface area contributed by atoms with Gasteiger partial charge in [-0.3, -0.25) is 9.59 Å². The van der Waals surface area contributed by atoms with Crippen LogP contribution in [0.4, 0.5) is 0 Å². The first-order valence-electron chi connectivity index (χ1n) is 12.6. The standard InChI is InChI=1S/C30H36O6/c1-10-27(4,5)23-21(34-9)14-20(33-8)22-24(31)18-13-17-19-15-30(18,35-25(22)23)26(32)29(17,12-11-16(2)3)36-28(19,6)7/h10-11,13-14,17,19H,1,12,15H2,2-9H3/t17-,19?,29+,30?/m1/s1. The first-order valence-corrected chi connectivity index (χ1v) is 12.6. The Hall–Kier alpha value is -2.86. The Morgan fingerprint density at radius 1 is 1.19 bits per heavy atom. The highest BCUT2D eigenvalue weighted by atomic mass is 16.6. The van der Waals surface area contributed by atoms with Crippen LogP contribution >= 0.6 is 0 Å². The summed E-state index contributed by atoms with van der Waals surface area (Å²) >= 11 is 0. The van der Waals surface area contributed by atoms with E-state index in [-0.39, 0.29) is 23.4 Å². The van der Waals surface area contributed by atoms with Crippen LogP contribution in [0.2, 0.25) is 0 Å². The van der Waals surface area contributed by atoms with Crippen LogP contribution in [0.5, 0.6) is 17.2 Å². The summed E-state index contributed by atoms with van der Waals surface area (Å²) in [6.45, 7) is 16.1. The summed E-state index contributed by atoms with van der Waals surface area (Å²) in [5.41, 5.74) is -1.12. The van der Waals surface area contributed by atoms with Gasteiger partial charge in [0.15, 0.2) is 5.60 Å². The van der Waals surface area contributed by atoms with Crippen molar-refractivity contribution < 1.29 is 28.5 Å². The summed E-state index contributed by atoms with van der Waals surface area (Å²) in [6.07, 6.45) is 6.65. The highest BCUT2D eigenvalue weighted by Crippen LogP contribution is 2.66. The van der Waals surface area contributed by atoms with Gasteiger partial charge < -0.3 is 18.9 Å². The van der Waals surface area contributed by atoms with Gasteiger partial charge in [-0.05, 0) is 27.7 Å². The van der Waals surface area contributed by atoms with Crippen LogP contribution in [0.1, 0.15) is 70.3 Å². The molecule has 2 heterocycles. The van der Waals surface area contributed by atoms with Crippen LogP contribution in [0.15, 0.2) is 42.0 Å². The summed E-state index contributed by atoms with van der Waals surface area (Å²) in [5, 5.41) is 0. The number of ether oxygens (including phenoxy) is 4. The summed E-state index contributed by atoms with van der Waals surface area (Å²) in [4.78, 5) is 28.8. The van der Waals surface area contributed by atoms with Crippen LogP contribution < -0.4 is 14.2 Å². The number of Topliss-reactive ketones (excluding diaryl/α,β-unsaturated/α-hetero) is 2. The lowest BCUT2D eigenvalue weighted by atomic mass is 9.53. The Morgan fingerprint density at radius 3 is 2.44 bits per heavy atom. The zero-order valence-electron chi connectivity index (χ0n) is 22.5. The lowest BCUT2D eigenvalue weighted by Crippen LogP contribution is -2.68. The average molecular weight is 493 g/mol. The van der Waals surface area contributed by atoms with Crippen molar-refractivity contribution in [2.24, 2.45) is 11.8 Å². The van der Waals surface area contributed by atoms with Crippen molar-refractivity contribution in [1.82, 2.24) is 0 Å². The number of rotatable bonds is 6. The van der Waals surface area contributed by atoms with Crippen LogP contribution in [0.25, 0.3) is 0 Å². The molecular formula is C30H36O6. The molecule has 6 heteroatoms. The molecule has 0 aromatic heterocycles. The van der Waals surface area contributed by atoms with Crippen molar-refractivity contribution in [3.63, 3.8) is 0 Å². The van der Waals surface area contributed by atoms with Gasteiger partial charge in [0.1, 0.15) is 28.4 Å². The van der Waals surface area contributed by atoms with Gasteiger partial charge in [-0.2, -0.15) is 0 Å². The molecule has 2 fully saturated rings. The minimum atomic E-state index is -1.42. The number of hydrogen-bond donors (Lipinski definition) is 0. The van der Waals surface area contributed by atoms with Gasteiger partial charge in [-0.1, -0.05) is 37.6 Å². The summed E-state index contributed by atoms with van der Waals surface area (Å²) in [5.74, 6) is 0.643. The molecule has 192 valence electrons. The number of carbonyl (C=O) groups excluding carboxylic acids is 2. The molecule has 1 spiro atoms. The van der Waals surface area contributed by atoms with Crippen molar-refractivity contribution in [1.29, 1.82) is 0 Å². The molecule has 1 saturated carbocycles. The van der Waals surface area contributed by atoms with Crippen molar-refractivity contribution in [3.8, 4) is 17.2 Å². The van der Waals surface area contributed by atoms with E-state index in [1.165, 1.54) is 7.11 Å². The van der Waals surface area contributed by atoms with Gasteiger partial charge in [-0.25, -0.2) is 0 Å². The van der Waals surface area contributed by atoms with E-state index in [0.29, 0.717) is 46.8 Å². The maximum Gasteiger partial charge on any atom is 0.213 e. The fourth-order valence-electron chi connectivity index (χ4n) is 6.78. The van der Waals surface area contributed by atoms with E-state index in [2.05, 4.69) is 12.7 Å². The van der Waals surface area contributed by atoms with E-state index >= 15 is 0 Å². The highest BCUT2D eigenvalue weighted by molar-refractivity contribution is 6.21. The van der Waals surface area contributed by atoms with Gasteiger partial charge >= 0.3 is 0 Å². The van der Waals surface area contributed by atoms with E-state index in [9.17, 15) is 9.59 Å². The third kappa shape index (κ3) is 2.94. The van der Waals surface area contributed by atoms with Gasteiger partial charge in [0.05, 0.1) is 19.8 Å². The summed E-state index contributed by atoms with van der Waals surface area (Å²) < 4.78 is 24.9. The number of ketones is 2. The molecule has 1 aromatic carbocycles. The van der Waals surface area contributed by atoms with Crippen molar-refractivity contribution >= 4 is 11.6 Å². The predicted octanol–water partition coefficient (Wildman–Crippen LogP) is 5.53. The number of allylic oxidation sites excluding steroid dienone is 2. The number of hydrogen-bond acceptors (Lipinski definition) is 6. The van der Waals surface area contributed by atoms with Gasteiger partial charge in [0.25, 0.3) is 0 Å². The van der Waals surface area contributed by atoms with Gasteiger partial charge in [0, 0.05) is 47.3 Å². The lowest BCUT2D eigenvalue weighted by Gasteiger charge is -2.53. The monoisotopic (exact) mass is 492 g/mol. The Labute approximate surface area is 213 Å². The Bertz CT molecular complexity index is 1260. The number of methoxy groups -OCH3 is 2. The van der Waals surface area contributed by atoms with E-state index < -0.39 is 22.2 Å². The topological polar surface area (TPSA) is 71.1 Å². The van der Waals surface area contributed by atoms with E-state index in [4.69, 9.17) is 18.9 Å². The molecule has 4 bridgehead atoms. The maximum absolute atomic E-state index is 14.6. The first kappa shape index (κ1) is 24.8. The minimum Gasteiger partial charge on any atom is -0.496 e. The van der Waals surface area contributed by atoms with Crippen LogP contribution in [-0.2, 0) is 14.9 Å². The van der Waals surface area contributed by atoms with Gasteiger partial charge in [0.2, 0.25) is 11.6 Å². The van der Waals surface area contributed by atoms with E-state index in [0.717, 1.165) is 5.57 Å². The van der Waals surface area contributed by atoms with Crippen LogP contribution in [0.3, 0.4) is 0 Å². The van der Waals surface area contributed by atoms with Crippen LogP contribution in [-0.4, -0.2) is 42.6 Å². The number of benzene rings is 1. The molecule has 36 heavy (non-hydrogen) atoms. The molecule has 1 saturated heterocycles. The molecule has 0 radical (unpaired) electrons. The normalized spacial score (nSPS) is 31.2. The second-order valence-electron chi connectivity index (χ2n) is 11.9. The van der Waals surface area contributed by atoms with Crippen LogP contribution in [0, 0.1) is 11.8 Å². The predicted molar refractivity (Wildman–Crippen MR) is 137 cm³/mol. The van der Waals surface area contributed by atoms with E-state index in [1.54, 1.807) is 19.3 Å². The number of fused-ring (bicyclic) bond motifs is 1. The summed E-state index contributed by atoms with van der Waals surface area (Å²) in [7, 11) is 3.09. The lowest BCUT2D eigenvalue weighted by molar-refractivity contribution is -0.166. The largest absolute Gasteiger partial charge is 0.496 e. The molecule has 0 amide bonds. The SMILES string of the molecule is C=CC(C)(C)c1c(OC)cc(OC)c2c1OC13CC4[C@@H](C=C1C2=O)[C@](CC=C(C)C)(OC4(C)C)C3=O. The molecule has 6 rings (SSSR count). The second-order valence-corrected chi connectivity index (χ2v) is 11.9. The number of carbonyl (C=O) groups is 2. The molecular weight excluding hydrogens is 456 g/mol. The highest BCUT2D eigenvalue weighted by Gasteiger charge is 2.76. The van der Waals surface area contributed by atoms with Crippen molar-refractivity contribution in [3.05, 3.63) is 53.1 Å². The second kappa shape index (κ2) is 7.58. The molecule has 2 unspecified atom stereocenters. The molecule has 6 nitrogen and oxygen atoms in total. The fourth-order valence-corrected chi connectivity index (χ4v) is 6.78. The molecule has 4 atom stereocenters. The zero-order chi connectivity index (χ0) is 26.4. The Morgan fingerprint density at radius 2 is 1.86 bits per heavy atom. The van der Waals surface area contributed by atoms with E-state index in [1.807, 2.05) is 47.6 Å². The van der Waals surface area contributed by atoms with Gasteiger partial charge in [-0.15, -0.1) is 6.58 Å². The Kier molecular flexibility index (Phi) is 5.22. The molecule has 2 aliphatic heterocycles. The Balaban J connectivity index is 1.80. The maximum atomic E-state index is 14.6. The van der Waals surface area contributed by atoms with Crippen molar-refractivity contribution in [2.45, 2.75) is 76.6 Å². The average Bonchev–Trinajstić information content (AvgIpc) is 3.02. The summed E-state index contributed by atoms with van der Waals surface area (Å²) in [6, 6.07) is 1.72. The molecule has 5 aliphatic rings. The smallest absolute Gasteiger partial charge is 0.213 e. The molecule has 1 aromatic rings. The third-order valence-corrected chi connectivity index (χ3v) is 8.72. The quantitative estimate of drug-likeness (QED) is 0.486. The molecule has 0 N–H and O–H groups in total. The zero-order valence-corrected chi connectivity index (χ0v) is 22.5.